The molecule has 2 aromatic heterocycles. The van der Waals surface area contributed by atoms with Crippen LogP contribution >= 0.6 is 11.3 Å². The third-order valence-corrected chi connectivity index (χ3v) is 4.88. The van der Waals surface area contributed by atoms with Crippen LogP contribution in [0.2, 0.25) is 0 Å². The highest BCUT2D eigenvalue weighted by molar-refractivity contribution is 7.09. The molecule has 26 heavy (non-hydrogen) atoms. The summed E-state index contributed by atoms with van der Waals surface area (Å²) in [6, 6.07) is 8.17. The van der Waals surface area contributed by atoms with E-state index in [1.807, 2.05) is 18.4 Å². The van der Waals surface area contributed by atoms with E-state index in [-0.39, 0.29) is 5.69 Å². The number of anilines is 1. The van der Waals surface area contributed by atoms with E-state index >= 15 is 0 Å². The van der Waals surface area contributed by atoms with Gasteiger partial charge in [0.1, 0.15) is 5.82 Å². The molecule has 0 fully saturated rings. The number of hydrogen-bond donors (Lipinski definition) is 1. The van der Waals surface area contributed by atoms with E-state index in [1.165, 1.54) is 12.1 Å². The smallest absolute Gasteiger partial charge is 0.270 e. The highest BCUT2D eigenvalue weighted by Crippen LogP contribution is 2.23. The predicted octanol–water partition coefficient (Wildman–Crippen LogP) is 4.55. The highest BCUT2D eigenvalue weighted by Gasteiger charge is 2.11. The molecule has 1 N–H and O–H groups in total. The van der Waals surface area contributed by atoms with Gasteiger partial charge in [-0.1, -0.05) is 26.0 Å². The lowest BCUT2D eigenvalue weighted by Gasteiger charge is -2.08. The summed E-state index contributed by atoms with van der Waals surface area (Å²) < 4.78 is 0. The molecule has 0 spiro atoms. The van der Waals surface area contributed by atoms with Gasteiger partial charge in [0.15, 0.2) is 5.82 Å². The fourth-order valence-electron chi connectivity index (χ4n) is 2.40. The normalized spacial score (nSPS) is 10.9. The van der Waals surface area contributed by atoms with Gasteiger partial charge in [-0.25, -0.2) is 15.0 Å². The van der Waals surface area contributed by atoms with Crippen molar-refractivity contribution in [3.8, 4) is 11.4 Å². The number of aryl methyl sites for hydroxylation is 1. The van der Waals surface area contributed by atoms with Gasteiger partial charge in [-0.2, -0.15) is 0 Å². The largest absolute Gasteiger partial charge is 0.364 e. The second-order valence-electron chi connectivity index (χ2n) is 6.21. The third-order valence-electron chi connectivity index (χ3n) is 3.68. The monoisotopic (exact) mass is 369 g/mol. The Morgan fingerprint density at radius 3 is 2.73 bits per heavy atom. The van der Waals surface area contributed by atoms with Gasteiger partial charge in [0.25, 0.3) is 5.69 Å². The van der Waals surface area contributed by atoms with Crippen LogP contribution in [-0.2, 0) is 6.54 Å². The lowest BCUT2D eigenvalue weighted by atomic mass is 10.2. The summed E-state index contributed by atoms with van der Waals surface area (Å²) in [5, 5.41) is 17.4. The van der Waals surface area contributed by atoms with Crippen LogP contribution in [-0.4, -0.2) is 19.9 Å². The molecular weight excluding hydrogens is 350 g/mol. The molecule has 8 heteroatoms. The molecule has 0 amide bonds. The summed E-state index contributed by atoms with van der Waals surface area (Å²) in [5.41, 5.74) is 2.38. The summed E-state index contributed by atoms with van der Waals surface area (Å²) >= 11 is 1.65. The van der Waals surface area contributed by atoms with Crippen molar-refractivity contribution in [1.29, 1.82) is 0 Å². The van der Waals surface area contributed by atoms with Crippen molar-refractivity contribution < 1.29 is 4.92 Å². The average Bonchev–Trinajstić information content (AvgIpc) is 3.09. The number of nitro benzene ring substituents is 1. The van der Waals surface area contributed by atoms with Crippen molar-refractivity contribution in [1.82, 2.24) is 15.0 Å². The predicted molar refractivity (Wildman–Crippen MR) is 102 cm³/mol. The SMILES string of the molecule is Cc1cc(NCc2csc(C(C)C)n2)nc(-c2cccc([N+](=O)[O-])c2)n1. The van der Waals surface area contributed by atoms with Crippen molar-refractivity contribution in [3.05, 3.63) is 62.2 Å². The van der Waals surface area contributed by atoms with Gasteiger partial charge in [-0.15, -0.1) is 11.3 Å². The molecule has 7 nitrogen and oxygen atoms in total. The Hall–Kier alpha value is -2.87. The van der Waals surface area contributed by atoms with E-state index < -0.39 is 4.92 Å². The first-order valence-electron chi connectivity index (χ1n) is 8.21. The Morgan fingerprint density at radius 1 is 1.23 bits per heavy atom. The first-order chi connectivity index (χ1) is 12.4. The number of aromatic nitrogens is 3. The lowest BCUT2D eigenvalue weighted by Crippen LogP contribution is -2.04. The minimum absolute atomic E-state index is 0.0193. The van der Waals surface area contributed by atoms with E-state index in [0.29, 0.717) is 29.7 Å². The van der Waals surface area contributed by atoms with Crippen LogP contribution in [0.3, 0.4) is 0 Å². The van der Waals surface area contributed by atoms with E-state index in [0.717, 1.165) is 16.4 Å². The van der Waals surface area contributed by atoms with Gasteiger partial charge in [0, 0.05) is 40.8 Å². The van der Waals surface area contributed by atoms with E-state index in [1.54, 1.807) is 23.5 Å². The zero-order chi connectivity index (χ0) is 18.7. The Labute approximate surface area is 155 Å². The van der Waals surface area contributed by atoms with Crippen LogP contribution in [0.1, 0.15) is 36.2 Å². The molecule has 0 aliphatic carbocycles. The lowest BCUT2D eigenvalue weighted by molar-refractivity contribution is -0.384. The van der Waals surface area contributed by atoms with E-state index in [9.17, 15) is 10.1 Å². The second kappa shape index (κ2) is 7.57. The minimum Gasteiger partial charge on any atom is -0.364 e. The van der Waals surface area contributed by atoms with Crippen LogP contribution < -0.4 is 5.32 Å². The minimum atomic E-state index is -0.424. The van der Waals surface area contributed by atoms with Crippen molar-refractivity contribution in [2.45, 2.75) is 33.2 Å². The number of non-ortho nitro benzene ring substituents is 1. The molecule has 0 unspecified atom stereocenters. The molecule has 0 bridgehead atoms. The molecule has 0 aliphatic heterocycles. The first kappa shape index (κ1) is 17.9. The van der Waals surface area contributed by atoms with Gasteiger partial charge >= 0.3 is 0 Å². The maximum atomic E-state index is 11.0. The number of thiazole rings is 1. The first-order valence-corrected chi connectivity index (χ1v) is 9.09. The average molecular weight is 369 g/mol. The Bertz CT molecular complexity index is 939. The standard InChI is InChI=1S/C18H19N5O2S/c1-11(2)18-21-14(10-26-18)9-19-16-7-12(3)20-17(22-16)13-5-4-6-15(8-13)23(24)25/h4-8,10-11H,9H2,1-3H3,(H,19,20,22). The molecule has 134 valence electrons. The summed E-state index contributed by atoms with van der Waals surface area (Å²) in [6.07, 6.45) is 0. The van der Waals surface area contributed by atoms with Crippen molar-refractivity contribution in [2.75, 3.05) is 5.32 Å². The second-order valence-corrected chi connectivity index (χ2v) is 7.10. The van der Waals surface area contributed by atoms with Gasteiger partial charge in [0.05, 0.1) is 22.2 Å². The molecule has 0 saturated carbocycles. The molecule has 0 radical (unpaired) electrons. The van der Waals surface area contributed by atoms with Crippen LogP contribution in [0.5, 0.6) is 0 Å². The van der Waals surface area contributed by atoms with E-state index in [4.69, 9.17) is 0 Å². The topological polar surface area (TPSA) is 93.8 Å². The zero-order valence-corrected chi connectivity index (χ0v) is 15.6. The van der Waals surface area contributed by atoms with Gasteiger partial charge in [-0.3, -0.25) is 10.1 Å². The Morgan fingerprint density at radius 2 is 2.04 bits per heavy atom. The van der Waals surface area contributed by atoms with Crippen molar-refractivity contribution in [2.24, 2.45) is 0 Å². The van der Waals surface area contributed by atoms with Crippen LogP contribution in [0.25, 0.3) is 11.4 Å². The number of nitrogens with one attached hydrogen (secondary N) is 1. The number of rotatable bonds is 6. The summed E-state index contributed by atoms with van der Waals surface area (Å²) in [5.74, 6) is 1.53. The summed E-state index contributed by atoms with van der Waals surface area (Å²) in [4.78, 5) is 24.0. The van der Waals surface area contributed by atoms with Gasteiger partial charge in [-0.05, 0) is 6.92 Å². The van der Waals surface area contributed by atoms with E-state index in [2.05, 4.69) is 34.1 Å². The van der Waals surface area contributed by atoms with Crippen molar-refractivity contribution in [3.63, 3.8) is 0 Å². The summed E-state index contributed by atoms with van der Waals surface area (Å²) in [7, 11) is 0. The van der Waals surface area contributed by atoms with Gasteiger partial charge in [0.2, 0.25) is 0 Å². The zero-order valence-electron chi connectivity index (χ0n) is 14.8. The third kappa shape index (κ3) is 4.20. The van der Waals surface area contributed by atoms with Crippen LogP contribution in [0.4, 0.5) is 11.5 Å². The van der Waals surface area contributed by atoms with Crippen molar-refractivity contribution >= 4 is 22.8 Å². The maximum Gasteiger partial charge on any atom is 0.270 e. The molecule has 0 atom stereocenters. The number of nitro groups is 1. The molecule has 1 aromatic carbocycles. The summed E-state index contributed by atoms with van der Waals surface area (Å²) in [6.45, 7) is 6.67. The number of nitrogens with zero attached hydrogens (tertiary/aromatic N) is 4. The molecule has 3 aromatic rings. The highest BCUT2D eigenvalue weighted by atomic mass is 32.1. The fourth-order valence-corrected chi connectivity index (χ4v) is 3.23. The van der Waals surface area contributed by atoms with Gasteiger partial charge < -0.3 is 5.32 Å². The van der Waals surface area contributed by atoms with Crippen LogP contribution in [0, 0.1) is 17.0 Å². The Kier molecular flexibility index (Phi) is 5.22. The quantitative estimate of drug-likeness (QED) is 0.506. The fraction of sp³-hybridized carbons (Fsp3) is 0.278. The number of benzene rings is 1. The van der Waals surface area contributed by atoms with Crippen LogP contribution in [0.15, 0.2) is 35.7 Å². The maximum absolute atomic E-state index is 11.0. The molecule has 0 aliphatic rings. The Balaban J connectivity index is 1.81. The molecule has 2 heterocycles. The molecule has 0 saturated heterocycles. The molecular formula is C18H19N5O2S. The number of hydrogen-bond acceptors (Lipinski definition) is 7. The molecule has 3 rings (SSSR count).